The van der Waals surface area contributed by atoms with Crippen LogP contribution in [0.4, 0.5) is 5.69 Å². The molecule has 0 aliphatic rings. The molecule has 5 nitrogen and oxygen atoms in total. The molecule has 0 radical (unpaired) electrons. The van der Waals surface area contributed by atoms with Gasteiger partial charge in [-0.2, -0.15) is 0 Å². The third-order valence-corrected chi connectivity index (χ3v) is 6.21. The van der Waals surface area contributed by atoms with Gasteiger partial charge >= 0.3 is 0 Å². The van der Waals surface area contributed by atoms with Crippen LogP contribution in [0.2, 0.25) is 10.0 Å². The molecule has 0 spiro atoms. The highest BCUT2D eigenvalue weighted by molar-refractivity contribution is 7.92. The first-order chi connectivity index (χ1) is 12.7. The predicted molar refractivity (Wildman–Crippen MR) is 114 cm³/mol. The molecular formula is C19H30Cl2N2O3S. The van der Waals surface area contributed by atoms with Crippen LogP contribution in [0, 0.1) is 5.92 Å². The molecule has 154 valence electrons. The lowest BCUT2D eigenvalue weighted by atomic mass is 9.99. The average Bonchev–Trinajstić information content (AvgIpc) is 2.60. The van der Waals surface area contributed by atoms with Crippen LogP contribution < -0.4 is 9.62 Å². The first kappa shape index (κ1) is 24.1. The van der Waals surface area contributed by atoms with Crippen molar-refractivity contribution in [2.75, 3.05) is 23.7 Å². The summed E-state index contributed by atoms with van der Waals surface area (Å²) in [4.78, 5) is 12.1. The summed E-state index contributed by atoms with van der Waals surface area (Å²) in [5.41, 5.74) is 0.331. The minimum absolute atomic E-state index is 0.0596. The standard InChI is InChI=1S/C19H30Cl2N2O3S/c1-4-6-8-15(5-2)14-22-19(24)9-7-12-23(27(3,25)26)18-13-16(20)10-11-17(18)21/h10-11,13,15H,4-9,12,14H2,1-3H3,(H,22,24). The molecule has 0 heterocycles. The van der Waals surface area contributed by atoms with Crippen molar-refractivity contribution in [3.8, 4) is 0 Å². The Balaban J connectivity index is 2.60. The van der Waals surface area contributed by atoms with Crippen molar-refractivity contribution in [3.63, 3.8) is 0 Å². The number of rotatable bonds is 12. The van der Waals surface area contributed by atoms with E-state index in [1.54, 1.807) is 12.1 Å². The summed E-state index contributed by atoms with van der Waals surface area (Å²) >= 11 is 12.1. The van der Waals surface area contributed by atoms with E-state index in [1.807, 2.05) is 0 Å². The monoisotopic (exact) mass is 436 g/mol. The van der Waals surface area contributed by atoms with Crippen LogP contribution in [0.5, 0.6) is 0 Å². The van der Waals surface area contributed by atoms with E-state index in [4.69, 9.17) is 23.2 Å². The largest absolute Gasteiger partial charge is 0.356 e. The Labute approximate surface area is 173 Å². The van der Waals surface area contributed by atoms with Gasteiger partial charge in [-0.15, -0.1) is 0 Å². The summed E-state index contributed by atoms with van der Waals surface area (Å²) in [6, 6.07) is 4.68. The lowest BCUT2D eigenvalue weighted by Gasteiger charge is -2.23. The van der Waals surface area contributed by atoms with E-state index >= 15 is 0 Å². The molecule has 1 aromatic carbocycles. The van der Waals surface area contributed by atoms with Gasteiger partial charge < -0.3 is 5.32 Å². The summed E-state index contributed by atoms with van der Waals surface area (Å²) in [7, 11) is -3.54. The number of hydrogen-bond donors (Lipinski definition) is 1. The van der Waals surface area contributed by atoms with Gasteiger partial charge in [0.2, 0.25) is 15.9 Å². The smallest absolute Gasteiger partial charge is 0.232 e. The van der Waals surface area contributed by atoms with E-state index in [0.29, 0.717) is 34.6 Å². The minimum Gasteiger partial charge on any atom is -0.356 e. The van der Waals surface area contributed by atoms with Gasteiger partial charge in [0.1, 0.15) is 0 Å². The number of amides is 1. The van der Waals surface area contributed by atoms with Crippen molar-refractivity contribution in [1.82, 2.24) is 5.32 Å². The predicted octanol–water partition coefficient (Wildman–Crippen LogP) is 4.87. The number of unbranched alkanes of at least 4 members (excludes halogenated alkanes) is 1. The Morgan fingerprint density at radius 2 is 1.93 bits per heavy atom. The number of nitrogens with one attached hydrogen (secondary N) is 1. The Morgan fingerprint density at radius 1 is 1.22 bits per heavy atom. The fourth-order valence-electron chi connectivity index (χ4n) is 2.81. The maximum Gasteiger partial charge on any atom is 0.232 e. The summed E-state index contributed by atoms with van der Waals surface area (Å²) in [6.07, 6.45) is 6.24. The molecule has 1 unspecified atom stereocenters. The first-order valence-electron chi connectivity index (χ1n) is 9.38. The zero-order valence-corrected chi connectivity index (χ0v) is 18.6. The van der Waals surface area contributed by atoms with E-state index in [1.165, 1.54) is 10.4 Å². The van der Waals surface area contributed by atoms with Crippen LogP contribution in [0.3, 0.4) is 0 Å². The van der Waals surface area contributed by atoms with Gasteiger partial charge in [0.05, 0.1) is 17.0 Å². The topological polar surface area (TPSA) is 66.5 Å². The Bertz CT molecular complexity index is 711. The molecule has 1 aromatic rings. The summed E-state index contributed by atoms with van der Waals surface area (Å²) in [5, 5.41) is 3.66. The van der Waals surface area contributed by atoms with E-state index in [2.05, 4.69) is 19.2 Å². The van der Waals surface area contributed by atoms with Crippen molar-refractivity contribution in [1.29, 1.82) is 0 Å². The zero-order chi connectivity index (χ0) is 20.4. The number of nitrogens with zero attached hydrogens (tertiary/aromatic N) is 1. The molecule has 1 atom stereocenters. The molecule has 27 heavy (non-hydrogen) atoms. The maximum absolute atomic E-state index is 12.1. The molecular weight excluding hydrogens is 407 g/mol. The number of anilines is 1. The third-order valence-electron chi connectivity index (χ3n) is 4.47. The molecule has 0 aliphatic heterocycles. The molecule has 8 heteroatoms. The van der Waals surface area contributed by atoms with Crippen molar-refractivity contribution < 1.29 is 13.2 Å². The molecule has 1 N–H and O–H groups in total. The highest BCUT2D eigenvalue weighted by Gasteiger charge is 2.20. The van der Waals surface area contributed by atoms with Gasteiger partial charge in [0.15, 0.2) is 0 Å². The molecule has 0 bridgehead atoms. The van der Waals surface area contributed by atoms with Gasteiger partial charge in [-0.25, -0.2) is 8.42 Å². The molecule has 1 rings (SSSR count). The lowest BCUT2D eigenvalue weighted by Crippen LogP contribution is -2.33. The number of sulfonamides is 1. The second-order valence-electron chi connectivity index (χ2n) is 6.75. The molecule has 0 saturated carbocycles. The normalized spacial score (nSPS) is 12.6. The molecule has 1 amide bonds. The van der Waals surface area contributed by atoms with Crippen LogP contribution in [0.25, 0.3) is 0 Å². The highest BCUT2D eigenvalue weighted by atomic mass is 35.5. The minimum atomic E-state index is -3.54. The third kappa shape index (κ3) is 8.71. The number of carbonyl (C=O) groups excluding carboxylic acids is 1. The maximum atomic E-state index is 12.1. The van der Waals surface area contributed by atoms with Crippen molar-refractivity contribution in [2.45, 2.75) is 52.4 Å². The molecule has 0 aliphatic carbocycles. The summed E-state index contributed by atoms with van der Waals surface area (Å²) in [5.74, 6) is 0.433. The van der Waals surface area contributed by atoms with Crippen LogP contribution in [-0.2, 0) is 14.8 Å². The molecule has 0 aromatic heterocycles. The van der Waals surface area contributed by atoms with E-state index in [0.717, 1.165) is 31.9 Å². The van der Waals surface area contributed by atoms with Crippen LogP contribution in [-0.4, -0.2) is 33.7 Å². The SMILES string of the molecule is CCCCC(CC)CNC(=O)CCCN(c1cc(Cl)ccc1Cl)S(C)(=O)=O. The van der Waals surface area contributed by atoms with Crippen molar-refractivity contribution >= 4 is 44.8 Å². The number of hydrogen-bond acceptors (Lipinski definition) is 3. The van der Waals surface area contributed by atoms with E-state index in [9.17, 15) is 13.2 Å². The quantitative estimate of drug-likeness (QED) is 0.507. The van der Waals surface area contributed by atoms with Gasteiger partial charge in [-0.05, 0) is 37.0 Å². The second kappa shape index (κ2) is 11.8. The Hall–Kier alpha value is -0.980. The summed E-state index contributed by atoms with van der Waals surface area (Å²) in [6.45, 7) is 5.13. The molecule has 0 fully saturated rings. The van der Waals surface area contributed by atoms with Crippen LogP contribution >= 0.6 is 23.2 Å². The van der Waals surface area contributed by atoms with Gasteiger partial charge in [0, 0.05) is 24.5 Å². The van der Waals surface area contributed by atoms with Crippen molar-refractivity contribution in [3.05, 3.63) is 28.2 Å². The second-order valence-corrected chi connectivity index (χ2v) is 9.51. The van der Waals surface area contributed by atoms with Gasteiger partial charge in [-0.3, -0.25) is 9.10 Å². The Kier molecular flexibility index (Phi) is 10.5. The summed E-state index contributed by atoms with van der Waals surface area (Å²) < 4.78 is 25.5. The van der Waals surface area contributed by atoms with E-state index in [-0.39, 0.29) is 18.9 Å². The fraction of sp³-hybridized carbons (Fsp3) is 0.632. The van der Waals surface area contributed by atoms with Crippen LogP contribution in [0.15, 0.2) is 18.2 Å². The number of benzene rings is 1. The fourth-order valence-corrected chi connectivity index (χ4v) is 4.22. The lowest BCUT2D eigenvalue weighted by molar-refractivity contribution is -0.121. The zero-order valence-electron chi connectivity index (χ0n) is 16.3. The van der Waals surface area contributed by atoms with Gasteiger partial charge in [-0.1, -0.05) is 56.3 Å². The van der Waals surface area contributed by atoms with Gasteiger partial charge in [0.25, 0.3) is 0 Å². The Morgan fingerprint density at radius 3 is 2.52 bits per heavy atom. The molecule has 0 saturated heterocycles. The van der Waals surface area contributed by atoms with E-state index < -0.39 is 10.0 Å². The number of carbonyl (C=O) groups is 1. The average molecular weight is 437 g/mol. The highest BCUT2D eigenvalue weighted by Crippen LogP contribution is 2.30. The first-order valence-corrected chi connectivity index (χ1v) is 12.0. The van der Waals surface area contributed by atoms with Crippen LogP contribution in [0.1, 0.15) is 52.4 Å². The number of halogens is 2. The van der Waals surface area contributed by atoms with Crippen molar-refractivity contribution in [2.24, 2.45) is 5.92 Å².